The molecule has 1 aromatic heterocycles. The molecule has 0 spiro atoms. The first-order chi connectivity index (χ1) is 11.4. The fourth-order valence-corrected chi connectivity index (χ4v) is 2.77. The standard InChI is InChI=1S/C16H16F2N4O2/c1-8(2)22-12(23)7-11(16(22)24)20-14-9-5-3-4-6-10(9)19-15(21-14)13(17)18/h3-6,8,11,13H,7H2,1-2H3,(H,19,20,21)/t11-/m0/s1. The Bertz CT molecular complexity index is 810. The number of halogens is 2. The number of para-hydroxylation sites is 1. The highest BCUT2D eigenvalue weighted by Crippen LogP contribution is 2.27. The van der Waals surface area contributed by atoms with Crippen molar-refractivity contribution in [2.75, 3.05) is 5.32 Å². The van der Waals surface area contributed by atoms with Gasteiger partial charge in [0.05, 0.1) is 11.9 Å². The van der Waals surface area contributed by atoms with Gasteiger partial charge in [0.15, 0.2) is 5.82 Å². The van der Waals surface area contributed by atoms with E-state index < -0.39 is 18.3 Å². The number of nitrogens with one attached hydrogen (secondary N) is 1. The topological polar surface area (TPSA) is 75.2 Å². The Kier molecular flexibility index (Phi) is 4.13. The molecule has 2 aromatic rings. The van der Waals surface area contributed by atoms with Crippen LogP contribution in [0.25, 0.3) is 10.9 Å². The Balaban J connectivity index is 1.98. The van der Waals surface area contributed by atoms with Crippen molar-refractivity contribution in [3.8, 4) is 0 Å². The number of imide groups is 1. The van der Waals surface area contributed by atoms with Crippen LogP contribution in [0, 0.1) is 0 Å². The first-order valence-electron chi connectivity index (χ1n) is 7.55. The van der Waals surface area contributed by atoms with E-state index in [0.29, 0.717) is 10.9 Å². The van der Waals surface area contributed by atoms with E-state index in [-0.39, 0.29) is 30.1 Å². The van der Waals surface area contributed by atoms with Gasteiger partial charge >= 0.3 is 0 Å². The van der Waals surface area contributed by atoms with Gasteiger partial charge in [0.2, 0.25) is 5.91 Å². The zero-order valence-electron chi connectivity index (χ0n) is 13.2. The Morgan fingerprint density at radius 3 is 2.54 bits per heavy atom. The number of amides is 2. The first kappa shape index (κ1) is 16.2. The fourth-order valence-electron chi connectivity index (χ4n) is 2.77. The molecule has 8 heteroatoms. The lowest BCUT2D eigenvalue weighted by Crippen LogP contribution is -2.39. The van der Waals surface area contributed by atoms with Crippen molar-refractivity contribution in [1.82, 2.24) is 14.9 Å². The van der Waals surface area contributed by atoms with E-state index in [1.165, 1.54) is 4.90 Å². The summed E-state index contributed by atoms with van der Waals surface area (Å²) in [5, 5.41) is 3.37. The van der Waals surface area contributed by atoms with Crippen molar-refractivity contribution in [2.24, 2.45) is 0 Å². The Labute approximate surface area is 136 Å². The molecular weight excluding hydrogens is 318 g/mol. The summed E-state index contributed by atoms with van der Waals surface area (Å²) in [6.45, 7) is 3.49. The lowest BCUT2D eigenvalue weighted by atomic mass is 10.2. The van der Waals surface area contributed by atoms with Crippen LogP contribution in [0.3, 0.4) is 0 Å². The molecule has 2 heterocycles. The summed E-state index contributed by atoms with van der Waals surface area (Å²) in [5.41, 5.74) is 0.350. The van der Waals surface area contributed by atoms with Crippen molar-refractivity contribution in [3.63, 3.8) is 0 Å². The summed E-state index contributed by atoms with van der Waals surface area (Å²) < 4.78 is 26.0. The Morgan fingerprint density at radius 2 is 1.92 bits per heavy atom. The zero-order chi connectivity index (χ0) is 17.4. The predicted molar refractivity (Wildman–Crippen MR) is 83.5 cm³/mol. The third kappa shape index (κ3) is 2.79. The van der Waals surface area contributed by atoms with E-state index in [4.69, 9.17) is 0 Å². The molecule has 1 fully saturated rings. The van der Waals surface area contributed by atoms with Gasteiger partial charge in [-0.2, -0.15) is 0 Å². The molecule has 1 aliphatic heterocycles. The number of aromatic nitrogens is 2. The van der Waals surface area contributed by atoms with Crippen LogP contribution in [0.5, 0.6) is 0 Å². The van der Waals surface area contributed by atoms with Gasteiger partial charge in [0.25, 0.3) is 12.3 Å². The second kappa shape index (κ2) is 6.10. The van der Waals surface area contributed by atoms with Crippen molar-refractivity contribution in [2.45, 2.75) is 38.8 Å². The minimum absolute atomic E-state index is 0.0284. The Morgan fingerprint density at radius 1 is 1.21 bits per heavy atom. The van der Waals surface area contributed by atoms with Gasteiger partial charge in [-0.3, -0.25) is 14.5 Å². The molecule has 2 amide bonds. The summed E-state index contributed by atoms with van der Waals surface area (Å²) >= 11 is 0. The van der Waals surface area contributed by atoms with Crippen LogP contribution in [0.2, 0.25) is 0 Å². The molecule has 0 radical (unpaired) electrons. The number of rotatable bonds is 4. The molecule has 24 heavy (non-hydrogen) atoms. The van der Waals surface area contributed by atoms with Gasteiger partial charge in [-0.25, -0.2) is 18.7 Å². The van der Waals surface area contributed by atoms with E-state index >= 15 is 0 Å². The van der Waals surface area contributed by atoms with Gasteiger partial charge in [0, 0.05) is 11.4 Å². The lowest BCUT2D eigenvalue weighted by Gasteiger charge is -2.19. The molecule has 0 saturated carbocycles. The molecule has 1 N–H and O–H groups in total. The zero-order valence-corrected chi connectivity index (χ0v) is 13.2. The highest BCUT2D eigenvalue weighted by Gasteiger charge is 2.40. The SMILES string of the molecule is CC(C)N1C(=O)C[C@H](Nc2nc(C(F)F)nc3ccccc23)C1=O. The summed E-state index contributed by atoms with van der Waals surface area (Å²) in [7, 11) is 0. The normalized spacial score (nSPS) is 18.2. The smallest absolute Gasteiger partial charge is 0.297 e. The molecule has 6 nitrogen and oxygen atoms in total. The maximum Gasteiger partial charge on any atom is 0.297 e. The van der Waals surface area contributed by atoms with E-state index in [9.17, 15) is 18.4 Å². The number of anilines is 1. The van der Waals surface area contributed by atoms with Gasteiger partial charge < -0.3 is 5.32 Å². The van der Waals surface area contributed by atoms with Crippen molar-refractivity contribution in [1.29, 1.82) is 0 Å². The van der Waals surface area contributed by atoms with Crippen LogP contribution < -0.4 is 5.32 Å². The molecular formula is C16H16F2N4O2. The van der Waals surface area contributed by atoms with Gasteiger partial charge in [-0.15, -0.1) is 0 Å². The molecule has 1 saturated heterocycles. The van der Waals surface area contributed by atoms with Gasteiger partial charge in [-0.1, -0.05) is 12.1 Å². The highest BCUT2D eigenvalue weighted by atomic mass is 19.3. The molecule has 0 unspecified atom stereocenters. The second-order valence-electron chi connectivity index (χ2n) is 5.85. The van der Waals surface area contributed by atoms with Crippen molar-refractivity contribution in [3.05, 3.63) is 30.1 Å². The maximum atomic E-state index is 13.0. The van der Waals surface area contributed by atoms with Crippen molar-refractivity contribution < 1.29 is 18.4 Å². The Hall–Kier alpha value is -2.64. The number of fused-ring (bicyclic) bond motifs is 1. The van der Waals surface area contributed by atoms with Crippen LogP contribution >= 0.6 is 0 Å². The summed E-state index contributed by atoms with van der Waals surface area (Å²) in [4.78, 5) is 33.2. The number of likely N-dealkylation sites (tertiary alicyclic amines) is 1. The third-order valence-electron chi connectivity index (χ3n) is 3.83. The number of nitrogens with zero attached hydrogens (tertiary/aromatic N) is 3. The van der Waals surface area contributed by atoms with E-state index in [1.54, 1.807) is 38.1 Å². The average molecular weight is 334 g/mol. The number of carbonyl (C=O) groups is 2. The monoisotopic (exact) mass is 334 g/mol. The second-order valence-corrected chi connectivity index (χ2v) is 5.85. The van der Waals surface area contributed by atoms with E-state index in [1.807, 2.05) is 0 Å². The minimum atomic E-state index is -2.83. The molecule has 0 bridgehead atoms. The van der Waals surface area contributed by atoms with Crippen LogP contribution in [-0.4, -0.2) is 38.8 Å². The molecule has 126 valence electrons. The van der Waals surface area contributed by atoms with Gasteiger partial charge in [-0.05, 0) is 26.0 Å². The van der Waals surface area contributed by atoms with Crippen LogP contribution in [0.15, 0.2) is 24.3 Å². The van der Waals surface area contributed by atoms with Gasteiger partial charge in [0.1, 0.15) is 11.9 Å². The highest BCUT2D eigenvalue weighted by molar-refractivity contribution is 6.07. The van der Waals surface area contributed by atoms with Crippen LogP contribution in [-0.2, 0) is 9.59 Å². The summed E-state index contributed by atoms with van der Waals surface area (Å²) in [6.07, 6.45) is -2.86. The molecule has 1 aromatic carbocycles. The van der Waals surface area contributed by atoms with E-state index in [2.05, 4.69) is 15.3 Å². The molecule has 3 rings (SSSR count). The molecule has 0 aliphatic carbocycles. The predicted octanol–water partition coefficient (Wildman–Crippen LogP) is 2.52. The maximum absolute atomic E-state index is 13.0. The quantitative estimate of drug-likeness (QED) is 0.870. The average Bonchev–Trinajstić information content (AvgIpc) is 2.81. The van der Waals surface area contributed by atoms with Crippen LogP contribution in [0.4, 0.5) is 14.6 Å². The molecule has 1 atom stereocenters. The minimum Gasteiger partial charge on any atom is -0.357 e. The number of hydrogen-bond donors (Lipinski definition) is 1. The number of alkyl halides is 2. The number of hydrogen-bond acceptors (Lipinski definition) is 5. The fraction of sp³-hybridized carbons (Fsp3) is 0.375. The molecule has 1 aliphatic rings. The lowest BCUT2D eigenvalue weighted by molar-refractivity contribution is -0.140. The summed E-state index contributed by atoms with van der Waals surface area (Å²) in [6, 6.07) is 5.60. The third-order valence-corrected chi connectivity index (χ3v) is 3.83. The number of carbonyl (C=O) groups excluding carboxylic acids is 2. The number of benzene rings is 1. The van der Waals surface area contributed by atoms with Crippen LogP contribution in [0.1, 0.15) is 32.5 Å². The summed E-state index contributed by atoms with van der Waals surface area (Å²) in [5.74, 6) is -1.16. The first-order valence-corrected chi connectivity index (χ1v) is 7.55. The van der Waals surface area contributed by atoms with E-state index in [0.717, 1.165) is 0 Å². The largest absolute Gasteiger partial charge is 0.357 e. The van der Waals surface area contributed by atoms with Crippen molar-refractivity contribution >= 4 is 28.5 Å².